The minimum Gasteiger partial charge on any atom is -0.481 e. The molecule has 2 N–H and O–H groups in total. The molecule has 122 valence electrons. The van der Waals surface area contributed by atoms with Crippen LogP contribution in [-0.2, 0) is 16.1 Å². The lowest BCUT2D eigenvalue weighted by Crippen LogP contribution is -2.58. The van der Waals surface area contributed by atoms with Gasteiger partial charge in [-0.05, 0) is 37.0 Å². The molecule has 1 spiro atoms. The Kier molecular flexibility index (Phi) is 3.62. The highest BCUT2D eigenvalue weighted by Gasteiger charge is 2.45. The number of morpholine rings is 1. The van der Waals surface area contributed by atoms with Gasteiger partial charge < -0.3 is 14.8 Å². The van der Waals surface area contributed by atoms with E-state index < -0.39 is 5.97 Å². The highest BCUT2D eigenvalue weighted by molar-refractivity contribution is 5.82. The topological polar surface area (TPSA) is 65.6 Å². The van der Waals surface area contributed by atoms with Gasteiger partial charge in [-0.15, -0.1) is 0 Å². The van der Waals surface area contributed by atoms with Gasteiger partial charge in [0, 0.05) is 36.7 Å². The highest BCUT2D eigenvalue weighted by atomic mass is 16.5. The Morgan fingerprint density at radius 1 is 1.39 bits per heavy atom. The fraction of sp³-hybridized carbons (Fsp3) is 0.500. The van der Waals surface area contributed by atoms with Gasteiger partial charge in [0.25, 0.3) is 0 Å². The van der Waals surface area contributed by atoms with Gasteiger partial charge in [0.15, 0.2) is 0 Å². The van der Waals surface area contributed by atoms with Gasteiger partial charge >= 0.3 is 5.97 Å². The molecule has 1 saturated heterocycles. The summed E-state index contributed by atoms with van der Waals surface area (Å²) in [5.74, 6) is -0.779. The molecule has 0 radical (unpaired) electrons. The molecule has 2 aliphatic rings. The largest absolute Gasteiger partial charge is 0.481 e. The van der Waals surface area contributed by atoms with Crippen molar-refractivity contribution in [3.8, 4) is 0 Å². The fourth-order valence-corrected chi connectivity index (χ4v) is 3.99. The van der Waals surface area contributed by atoms with Crippen molar-refractivity contribution in [2.75, 3.05) is 13.1 Å². The third-order valence-corrected chi connectivity index (χ3v) is 5.14. The summed E-state index contributed by atoms with van der Waals surface area (Å²) < 4.78 is 6.13. The van der Waals surface area contributed by atoms with E-state index >= 15 is 0 Å². The summed E-state index contributed by atoms with van der Waals surface area (Å²) in [6, 6.07) is 8.42. The Labute approximate surface area is 135 Å². The van der Waals surface area contributed by atoms with Gasteiger partial charge in [0.2, 0.25) is 0 Å². The number of carboxylic acid groups (broad SMARTS) is 1. The predicted molar refractivity (Wildman–Crippen MR) is 87.3 cm³/mol. The monoisotopic (exact) mass is 314 g/mol. The average molecular weight is 314 g/mol. The molecule has 2 heterocycles. The molecule has 5 nitrogen and oxygen atoms in total. The first-order chi connectivity index (χ1) is 11.1. The van der Waals surface area contributed by atoms with Crippen molar-refractivity contribution in [3.63, 3.8) is 0 Å². The quantitative estimate of drug-likeness (QED) is 0.911. The minimum absolute atomic E-state index is 0.0899. The number of nitrogens with zero attached hydrogens (tertiary/aromatic N) is 1. The van der Waals surface area contributed by atoms with E-state index in [-0.39, 0.29) is 18.1 Å². The Morgan fingerprint density at radius 2 is 2.26 bits per heavy atom. The number of fused-ring (bicyclic) bond motifs is 1. The summed E-state index contributed by atoms with van der Waals surface area (Å²) in [7, 11) is 0. The average Bonchev–Trinajstić information content (AvgIpc) is 2.94. The molecule has 5 heteroatoms. The lowest BCUT2D eigenvalue weighted by Gasteiger charge is -2.51. The number of aliphatic carboxylic acids is 1. The molecule has 4 rings (SSSR count). The molecule has 2 aromatic rings. The number of benzene rings is 1. The second-order valence-electron chi connectivity index (χ2n) is 6.90. The maximum atomic E-state index is 11.1. The van der Waals surface area contributed by atoms with Crippen LogP contribution < -0.4 is 0 Å². The molecule has 2 fully saturated rings. The van der Waals surface area contributed by atoms with Gasteiger partial charge in [-0.25, -0.2) is 0 Å². The molecule has 23 heavy (non-hydrogen) atoms. The zero-order valence-electron chi connectivity index (χ0n) is 13.1. The summed E-state index contributed by atoms with van der Waals surface area (Å²) in [6.45, 7) is 2.44. The van der Waals surface area contributed by atoms with Gasteiger partial charge in [-0.3, -0.25) is 9.69 Å². The standard InChI is InChI=1S/C18H22N2O3/c21-17(22)9-14-11-20(12-18(23-14)6-2-7-18)10-13-3-1-4-16-15(13)5-8-19-16/h1,3-5,8,14,19H,2,6-7,9-12H2,(H,21,22). The number of aromatic amines is 1. The number of ether oxygens (including phenoxy) is 1. The van der Waals surface area contributed by atoms with Crippen molar-refractivity contribution >= 4 is 16.9 Å². The van der Waals surface area contributed by atoms with Gasteiger partial charge in [-0.1, -0.05) is 12.1 Å². The van der Waals surface area contributed by atoms with E-state index in [0.29, 0.717) is 6.54 Å². The summed E-state index contributed by atoms with van der Waals surface area (Å²) >= 11 is 0. The Morgan fingerprint density at radius 3 is 3.00 bits per heavy atom. The molecule has 1 aromatic heterocycles. The first-order valence-corrected chi connectivity index (χ1v) is 8.31. The van der Waals surface area contributed by atoms with Crippen molar-refractivity contribution in [1.29, 1.82) is 0 Å². The van der Waals surface area contributed by atoms with E-state index in [9.17, 15) is 4.79 Å². The van der Waals surface area contributed by atoms with Crippen molar-refractivity contribution in [1.82, 2.24) is 9.88 Å². The van der Waals surface area contributed by atoms with E-state index in [4.69, 9.17) is 9.84 Å². The smallest absolute Gasteiger partial charge is 0.306 e. The summed E-state index contributed by atoms with van der Waals surface area (Å²) in [5, 5.41) is 10.4. The fourth-order valence-electron chi connectivity index (χ4n) is 3.99. The van der Waals surface area contributed by atoms with Gasteiger partial charge in [-0.2, -0.15) is 0 Å². The molecule has 1 aliphatic heterocycles. The molecule has 1 atom stereocenters. The van der Waals surface area contributed by atoms with E-state index in [1.54, 1.807) is 0 Å². The maximum Gasteiger partial charge on any atom is 0.306 e. The molecule has 0 bridgehead atoms. The number of H-pyrrole nitrogens is 1. The van der Waals surface area contributed by atoms with Crippen LogP contribution in [0, 0.1) is 0 Å². The molecular formula is C18H22N2O3. The van der Waals surface area contributed by atoms with Crippen molar-refractivity contribution in [3.05, 3.63) is 36.0 Å². The number of aromatic nitrogens is 1. The number of carboxylic acids is 1. The molecule has 1 saturated carbocycles. The Balaban J connectivity index is 1.55. The third kappa shape index (κ3) is 2.86. The number of carbonyl (C=O) groups is 1. The van der Waals surface area contributed by atoms with Crippen LogP contribution in [0.1, 0.15) is 31.2 Å². The van der Waals surface area contributed by atoms with Crippen LogP contribution in [0.15, 0.2) is 30.5 Å². The van der Waals surface area contributed by atoms with Crippen LogP contribution in [0.25, 0.3) is 10.9 Å². The van der Waals surface area contributed by atoms with Crippen molar-refractivity contribution < 1.29 is 14.6 Å². The Hall–Kier alpha value is -1.85. The molecular weight excluding hydrogens is 292 g/mol. The SMILES string of the molecule is O=C(O)CC1CN(Cc2cccc3[nH]ccc23)CC2(CCC2)O1. The van der Waals surface area contributed by atoms with Crippen molar-refractivity contribution in [2.45, 2.75) is 43.9 Å². The number of hydrogen-bond acceptors (Lipinski definition) is 3. The number of nitrogens with one attached hydrogen (secondary N) is 1. The van der Waals surface area contributed by atoms with Crippen LogP contribution in [0.4, 0.5) is 0 Å². The predicted octanol–water partition coefficient (Wildman–Crippen LogP) is 2.77. The molecule has 1 aliphatic carbocycles. The second-order valence-corrected chi connectivity index (χ2v) is 6.90. The lowest BCUT2D eigenvalue weighted by atomic mass is 9.78. The summed E-state index contributed by atoms with van der Waals surface area (Å²) in [5.41, 5.74) is 2.33. The number of rotatable bonds is 4. The van der Waals surface area contributed by atoms with Crippen LogP contribution in [0.5, 0.6) is 0 Å². The third-order valence-electron chi connectivity index (χ3n) is 5.14. The van der Waals surface area contributed by atoms with Crippen LogP contribution >= 0.6 is 0 Å². The van der Waals surface area contributed by atoms with Crippen LogP contribution in [-0.4, -0.2) is 45.8 Å². The van der Waals surface area contributed by atoms with Crippen molar-refractivity contribution in [2.24, 2.45) is 0 Å². The minimum atomic E-state index is -0.779. The second kappa shape index (κ2) is 5.65. The molecule has 1 aromatic carbocycles. The van der Waals surface area contributed by atoms with E-state index in [1.807, 2.05) is 6.20 Å². The first-order valence-electron chi connectivity index (χ1n) is 8.31. The highest BCUT2D eigenvalue weighted by Crippen LogP contribution is 2.40. The summed E-state index contributed by atoms with van der Waals surface area (Å²) in [4.78, 5) is 16.7. The van der Waals surface area contributed by atoms with Gasteiger partial charge in [0.1, 0.15) is 0 Å². The normalized spacial score (nSPS) is 23.9. The number of hydrogen-bond donors (Lipinski definition) is 2. The zero-order chi connectivity index (χ0) is 15.9. The molecule has 0 amide bonds. The molecule has 1 unspecified atom stereocenters. The van der Waals surface area contributed by atoms with Crippen LogP contribution in [0.3, 0.4) is 0 Å². The van der Waals surface area contributed by atoms with E-state index in [1.165, 1.54) is 17.4 Å². The zero-order valence-corrected chi connectivity index (χ0v) is 13.1. The summed E-state index contributed by atoms with van der Waals surface area (Å²) in [6.07, 6.45) is 5.14. The Bertz CT molecular complexity index is 720. The van der Waals surface area contributed by atoms with Crippen LogP contribution in [0.2, 0.25) is 0 Å². The maximum absolute atomic E-state index is 11.1. The van der Waals surface area contributed by atoms with E-state index in [2.05, 4.69) is 34.1 Å². The lowest BCUT2D eigenvalue weighted by molar-refractivity contribution is -0.196. The van der Waals surface area contributed by atoms with E-state index in [0.717, 1.165) is 31.4 Å². The van der Waals surface area contributed by atoms with Gasteiger partial charge in [0.05, 0.1) is 18.1 Å². The first kappa shape index (κ1) is 14.7.